The van der Waals surface area contributed by atoms with Crippen LogP contribution >= 0.6 is 0 Å². The zero-order valence-electron chi connectivity index (χ0n) is 11.8. The molecular formula is C13H23N3O2S. The molecule has 0 amide bonds. The van der Waals surface area contributed by atoms with Gasteiger partial charge < -0.3 is 11.1 Å². The summed E-state index contributed by atoms with van der Waals surface area (Å²) in [6, 6.07) is 3.77. The SMILES string of the molecule is Cc1cc(C)c(S(=O)(=O)NCCNCCN)c(C)c1. The van der Waals surface area contributed by atoms with E-state index in [0.717, 1.165) is 16.7 Å². The number of aryl methyl sites for hydroxylation is 3. The normalized spacial score (nSPS) is 11.8. The Balaban J connectivity index is 2.78. The minimum Gasteiger partial charge on any atom is -0.329 e. The van der Waals surface area contributed by atoms with Crippen LogP contribution in [0.25, 0.3) is 0 Å². The van der Waals surface area contributed by atoms with Crippen LogP contribution in [0.1, 0.15) is 16.7 Å². The molecule has 19 heavy (non-hydrogen) atoms. The lowest BCUT2D eigenvalue weighted by atomic mass is 10.1. The molecule has 4 N–H and O–H groups in total. The second-order valence-electron chi connectivity index (χ2n) is 4.66. The van der Waals surface area contributed by atoms with Crippen molar-refractivity contribution in [3.8, 4) is 0 Å². The first-order valence-corrected chi connectivity index (χ1v) is 7.85. The van der Waals surface area contributed by atoms with Gasteiger partial charge in [0.15, 0.2) is 0 Å². The molecule has 0 spiro atoms. The molecule has 0 aliphatic carbocycles. The monoisotopic (exact) mass is 285 g/mol. The minimum atomic E-state index is -3.45. The van der Waals surface area contributed by atoms with Gasteiger partial charge in [0, 0.05) is 26.2 Å². The highest BCUT2D eigenvalue weighted by Crippen LogP contribution is 2.21. The molecule has 108 valence electrons. The Morgan fingerprint density at radius 1 is 1.05 bits per heavy atom. The number of rotatable bonds is 7. The molecule has 0 fully saturated rings. The van der Waals surface area contributed by atoms with Gasteiger partial charge in [-0.25, -0.2) is 13.1 Å². The predicted molar refractivity (Wildman–Crippen MR) is 77.8 cm³/mol. The largest absolute Gasteiger partial charge is 0.329 e. The second-order valence-corrected chi connectivity index (χ2v) is 6.37. The number of sulfonamides is 1. The van der Waals surface area contributed by atoms with Crippen molar-refractivity contribution in [2.45, 2.75) is 25.7 Å². The van der Waals surface area contributed by atoms with Crippen molar-refractivity contribution >= 4 is 10.0 Å². The summed E-state index contributed by atoms with van der Waals surface area (Å²) in [5, 5.41) is 3.05. The van der Waals surface area contributed by atoms with E-state index < -0.39 is 10.0 Å². The lowest BCUT2D eigenvalue weighted by Gasteiger charge is -2.13. The molecule has 0 heterocycles. The molecule has 0 aliphatic rings. The van der Waals surface area contributed by atoms with Crippen molar-refractivity contribution in [2.75, 3.05) is 26.2 Å². The van der Waals surface area contributed by atoms with Crippen molar-refractivity contribution in [3.63, 3.8) is 0 Å². The fourth-order valence-corrected chi connectivity index (χ4v) is 3.64. The molecule has 0 atom stereocenters. The summed E-state index contributed by atoms with van der Waals surface area (Å²) in [7, 11) is -3.45. The van der Waals surface area contributed by atoms with Crippen LogP contribution in [0.15, 0.2) is 17.0 Å². The van der Waals surface area contributed by atoms with E-state index in [-0.39, 0.29) is 0 Å². The third kappa shape index (κ3) is 4.58. The summed E-state index contributed by atoms with van der Waals surface area (Å²) in [6.07, 6.45) is 0. The molecule has 0 aromatic heterocycles. The van der Waals surface area contributed by atoms with Crippen molar-refractivity contribution in [1.29, 1.82) is 0 Å². The standard InChI is InChI=1S/C13H23N3O2S/c1-10-8-11(2)13(12(3)9-10)19(17,18)16-7-6-15-5-4-14/h8-9,15-16H,4-7,14H2,1-3H3. The smallest absolute Gasteiger partial charge is 0.241 e. The van der Waals surface area contributed by atoms with Crippen LogP contribution < -0.4 is 15.8 Å². The van der Waals surface area contributed by atoms with Gasteiger partial charge in [0.1, 0.15) is 0 Å². The third-order valence-corrected chi connectivity index (χ3v) is 4.55. The van der Waals surface area contributed by atoms with Crippen LogP contribution in [0.2, 0.25) is 0 Å². The van der Waals surface area contributed by atoms with Gasteiger partial charge in [-0.3, -0.25) is 0 Å². The van der Waals surface area contributed by atoms with Gasteiger partial charge in [0.2, 0.25) is 10.0 Å². The van der Waals surface area contributed by atoms with E-state index in [2.05, 4.69) is 10.0 Å². The summed E-state index contributed by atoms with van der Waals surface area (Å²) in [5.41, 5.74) is 7.96. The van der Waals surface area contributed by atoms with Crippen molar-refractivity contribution in [1.82, 2.24) is 10.0 Å². The van der Waals surface area contributed by atoms with Crippen molar-refractivity contribution < 1.29 is 8.42 Å². The fraction of sp³-hybridized carbons (Fsp3) is 0.538. The number of hydrogen-bond acceptors (Lipinski definition) is 4. The maximum absolute atomic E-state index is 12.3. The maximum atomic E-state index is 12.3. The second kappa shape index (κ2) is 7.00. The number of benzene rings is 1. The Morgan fingerprint density at radius 3 is 2.16 bits per heavy atom. The van der Waals surface area contributed by atoms with E-state index in [1.165, 1.54) is 0 Å². The van der Waals surface area contributed by atoms with Gasteiger partial charge in [-0.1, -0.05) is 17.7 Å². The average Bonchev–Trinajstić information content (AvgIpc) is 2.26. The molecule has 0 saturated heterocycles. The predicted octanol–water partition coefficient (Wildman–Crippen LogP) is 0.438. The summed E-state index contributed by atoms with van der Waals surface area (Å²) < 4.78 is 27.1. The molecule has 1 aromatic carbocycles. The van der Waals surface area contributed by atoms with Crippen LogP contribution in [-0.2, 0) is 10.0 Å². The van der Waals surface area contributed by atoms with E-state index in [0.29, 0.717) is 31.1 Å². The highest BCUT2D eigenvalue weighted by molar-refractivity contribution is 7.89. The first-order chi connectivity index (χ1) is 8.88. The molecule has 1 aromatic rings. The molecular weight excluding hydrogens is 262 g/mol. The first kappa shape index (κ1) is 16.1. The molecule has 6 heteroatoms. The lowest BCUT2D eigenvalue weighted by molar-refractivity contribution is 0.575. The Morgan fingerprint density at radius 2 is 1.63 bits per heavy atom. The van der Waals surface area contributed by atoms with E-state index in [1.54, 1.807) is 0 Å². The van der Waals surface area contributed by atoms with E-state index in [4.69, 9.17) is 5.73 Å². The Labute approximate surface area is 115 Å². The third-order valence-electron chi connectivity index (χ3n) is 2.79. The quantitative estimate of drug-likeness (QED) is 0.635. The number of hydrogen-bond donors (Lipinski definition) is 3. The molecule has 0 saturated carbocycles. The first-order valence-electron chi connectivity index (χ1n) is 6.37. The van der Waals surface area contributed by atoms with Crippen molar-refractivity contribution in [2.24, 2.45) is 5.73 Å². The van der Waals surface area contributed by atoms with Gasteiger partial charge in [-0.2, -0.15) is 0 Å². The zero-order chi connectivity index (χ0) is 14.5. The molecule has 5 nitrogen and oxygen atoms in total. The highest BCUT2D eigenvalue weighted by atomic mass is 32.2. The van der Waals surface area contributed by atoms with Crippen molar-refractivity contribution in [3.05, 3.63) is 28.8 Å². The van der Waals surface area contributed by atoms with E-state index in [9.17, 15) is 8.42 Å². The number of nitrogens with one attached hydrogen (secondary N) is 2. The lowest BCUT2D eigenvalue weighted by Crippen LogP contribution is -2.34. The topological polar surface area (TPSA) is 84.2 Å². The van der Waals surface area contributed by atoms with Crippen LogP contribution in [0, 0.1) is 20.8 Å². The van der Waals surface area contributed by atoms with Gasteiger partial charge in [0.05, 0.1) is 4.90 Å². The zero-order valence-corrected chi connectivity index (χ0v) is 12.6. The maximum Gasteiger partial charge on any atom is 0.241 e. The van der Waals surface area contributed by atoms with Crippen LogP contribution in [0.4, 0.5) is 0 Å². The molecule has 0 radical (unpaired) electrons. The van der Waals surface area contributed by atoms with Gasteiger partial charge in [-0.05, 0) is 31.9 Å². The molecule has 0 aliphatic heterocycles. The van der Waals surface area contributed by atoms with Gasteiger partial charge >= 0.3 is 0 Å². The minimum absolute atomic E-state index is 0.356. The van der Waals surface area contributed by atoms with E-state index in [1.807, 2.05) is 32.9 Å². The van der Waals surface area contributed by atoms with E-state index >= 15 is 0 Å². The highest BCUT2D eigenvalue weighted by Gasteiger charge is 2.18. The summed E-state index contributed by atoms with van der Waals surface area (Å²) in [5.74, 6) is 0. The Bertz CT molecular complexity index is 504. The van der Waals surface area contributed by atoms with Crippen LogP contribution in [0.3, 0.4) is 0 Å². The molecule has 0 unspecified atom stereocenters. The Kier molecular flexibility index (Phi) is 5.93. The molecule has 0 bridgehead atoms. The summed E-state index contributed by atoms with van der Waals surface area (Å²) in [6.45, 7) is 7.76. The van der Waals surface area contributed by atoms with Gasteiger partial charge in [-0.15, -0.1) is 0 Å². The summed E-state index contributed by atoms with van der Waals surface area (Å²) in [4.78, 5) is 0.386. The van der Waals surface area contributed by atoms with Crippen LogP contribution in [0.5, 0.6) is 0 Å². The Hall–Kier alpha value is -0.950. The van der Waals surface area contributed by atoms with Crippen LogP contribution in [-0.4, -0.2) is 34.6 Å². The average molecular weight is 285 g/mol. The molecule has 1 rings (SSSR count). The summed E-state index contributed by atoms with van der Waals surface area (Å²) >= 11 is 0. The fourth-order valence-electron chi connectivity index (χ4n) is 2.16. The number of nitrogens with two attached hydrogens (primary N) is 1. The van der Waals surface area contributed by atoms with Gasteiger partial charge in [0.25, 0.3) is 0 Å².